The molecule has 0 aliphatic carbocycles. The smallest absolute Gasteiger partial charge is 0.231 e. The van der Waals surface area contributed by atoms with Crippen molar-refractivity contribution in [2.24, 2.45) is 0 Å². The second kappa shape index (κ2) is 2.29. The van der Waals surface area contributed by atoms with Crippen LogP contribution in [0.2, 0.25) is 0 Å². The molecule has 0 saturated carbocycles. The molecule has 12 heavy (non-hydrogen) atoms. The number of fused-ring (bicyclic) bond motifs is 1. The maximum absolute atomic E-state index is 11.4. The van der Waals surface area contributed by atoms with E-state index in [0.29, 0.717) is 19.8 Å². The Kier molecular flexibility index (Phi) is 1.48. The molecule has 4 nitrogen and oxygen atoms in total. The van der Waals surface area contributed by atoms with Crippen LogP contribution in [0.25, 0.3) is 0 Å². The second-order valence-electron chi connectivity index (χ2n) is 3.47. The molecule has 0 unspecified atom stereocenters. The molecule has 0 spiro atoms. The van der Waals surface area contributed by atoms with E-state index in [1.165, 1.54) is 0 Å². The zero-order valence-corrected chi connectivity index (χ0v) is 7.00. The first kappa shape index (κ1) is 7.73. The summed E-state index contributed by atoms with van der Waals surface area (Å²) < 4.78 is 5.19. The first-order valence-corrected chi connectivity index (χ1v) is 4.06. The van der Waals surface area contributed by atoms with Crippen molar-refractivity contribution in [2.45, 2.75) is 18.9 Å². The molecule has 2 rings (SSSR count). The van der Waals surface area contributed by atoms with Gasteiger partial charge in [0.15, 0.2) is 5.78 Å². The molecule has 2 fully saturated rings. The number of rotatable bonds is 0. The van der Waals surface area contributed by atoms with Crippen LogP contribution in [0, 0.1) is 0 Å². The number of hydrogen-bond acceptors (Lipinski definition) is 3. The van der Waals surface area contributed by atoms with Crippen LogP contribution in [0.3, 0.4) is 0 Å². The van der Waals surface area contributed by atoms with E-state index in [4.69, 9.17) is 4.74 Å². The van der Waals surface area contributed by atoms with Crippen LogP contribution in [-0.2, 0) is 14.3 Å². The van der Waals surface area contributed by atoms with Gasteiger partial charge in [-0.05, 0) is 6.92 Å². The highest BCUT2D eigenvalue weighted by molar-refractivity contribution is 6.10. The summed E-state index contributed by atoms with van der Waals surface area (Å²) in [6.45, 7) is 3.24. The second-order valence-corrected chi connectivity index (χ2v) is 3.47. The van der Waals surface area contributed by atoms with Gasteiger partial charge in [0.25, 0.3) is 0 Å². The van der Waals surface area contributed by atoms with E-state index in [1.807, 2.05) is 0 Å². The van der Waals surface area contributed by atoms with Gasteiger partial charge in [-0.2, -0.15) is 0 Å². The molecular weight excluding hydrogens is 158 g/mol. The van der Waals surface area contributed by atoms with Crippen LogP contribution in [0.5, 0.6) is 0 Å². The summed E-state index contributed by atoms with van der Waals surface area (Å²) in [6.07, 6.45) is 0.0554. The van der Waals surface area contributed by atoms with Gasteiger partial charge in [-0.25, -0.2) is 0 Å². The molecule has 0 aromatic carbocycles. The summed E-state index contributed by atoms with van der Waals surface area (Å²) in [5.74, 6) is -0.0574. The molecule has 4 heteroatoms. The zero-order chi connectivity index (χ0) is 8.77. The van der Waals surface area contributed by atoms with E-state index in [9.17, 15) is 9.59 Å². The van der Waals surface area contributed by atoms with Gasteiger partial charge < -0.3 is 9.64 Å². The van der Waals surface area contributed by atoms with E-state index in [0.717, 1.165) is 0 Å². The minimum atomic E-state index is -0.657. The molecule has 2 aliphatic rings. The van der Waals surface area contributed by atoms with Gasteiger partial charge in [0.1, 0.15) is 5.54 Å². The van der Waals surface area contributed by atoms with Crippen molar-refractivity contribution in [2.75, 3.05) is 19.8 Å². The quantitative estimate of drug-likeness (QED) is 0.462. The fraction of sp³-hybridized carbons (Fsp3) is 0.750. The van der Waals surface area contributed by atoms with Crippen molar-refractivity contribution in [1.82, 2.24) is 4.90 Å². The lowest BCUT2D eigenvalue weighted by atomic mass is 9.98. The van der Waals surface area contributed by atoms with Crippen molar-refractivity contribution in [3.63, 3.8) is 0 Å². The van der Waals surface area contributed by atoms with Gasteiger partial charge in [0.2, 0.25) is 5.91 Å². The first-order valence-electron chi connectivity index (χ1n) is 4.06. The van der Waals surface area contributed by atoms with Crippen LogP contribution >= 0.6 is 0 Å². The molecule has 2 heterocycles. The number of carbonyl (C=O) groups excluding carboxylic acids is 2. The lowest BCUT2D eigenvalue weighted by Gasteiger charge is -2.37. The highest BCUT2D eigenvalue weighted by Gasteiger charge is 2.50. The Balaban J connectivity index is 2.33. The summed E-state index contributed by atoms with van der Waals surface area (Å²) >= 11 is 0. The summed E-state index contributed by atoms with van der Waals surface area (Å²) in [7, 11) is 0. The topological polar surface area (TPSA) is 46.6 Å². The molecule has 1 amide bonds. The molecule has 2 aliphatic heterocycles. The highest BCUT2D eigenvalue weighted by Crippen LogP contribution is 2.29. The Hall–Kier alpha value is -0.900. The van der Waals surface area contributed by atoms with Crippen LogP contribution in [0.15, 0.2) is 0 Å². The molecule has 0 aromatic heterocycles. The normalized spacial score (nSPS) is 35.6. The van der Waals surface area contributed by atoms with E-state index < -0.39 is 5.54 Å². The fourth-order valence-corrected chi connectivity index (χ4v) is 1.81. The summed E-state index contributed by atoms with van der Waals surface area (Å²) in [5, 5.41) is 0. The van der Waals surface area contributed by atoms with Crippen LogP contribution < -0.4 is 0 Å². The lowest BCUT2D eigenvalue weighted by Crippen LogP contribution is -2.55. The average molecular weight is 169 g/mol. The Bertz CT molecular complexity index is 251. The number of morpholine rings is 1. The maximum atomic E-state index is 11.4. The van der Waals surface area contributed by atoms with Gasteiger partial charge >= 0.3 is 0 Å². The third-order valence-corrected chi connectivity index (χ3v) is 2.65. The van der Waals surface area contributed by atoms with Crippen LogP contribution in [0.4, 0.5) is 0 Å². The van der Waals surface area contributed by atoms with Crippen molar-refractivity contribution in [3.8, 4) is 0 Å². The number of nitrogens with zero attached hydrogens (tertiary/aromatic N) is 1. The Morgan fingerprint density at radius 3 is 2.92 bits per heavy atom. The maximum Gasteiger partial charge on any atom is 0.231 e. The molecule has 0 aromatic rings. The van der Waals surface area contributed by atoms with E-state index in [1.54, 1.807) is 11.8 Å². The number of amides is 1. The number of carbonyl (C=O) groups is 2. The first-order chi connectivity index (χ1) is 5.64. The van der Waals surface area contributed by atoms with Gasteiger partial charge in [0.05, 0.1) is 19.6 Å². The largest absolute Gasteiger partial charge is 0.377 e. The molecular formula is C8H11NO3. The van der Waals surface area contributed by atoms with Crippen molar-refractivity contribution < 1.29 is 14.3 Å². The average Bonchev–Trinajstić information content (AvgIpc) is 2.25. The Labute approximate surface area is 70.5 Å². The minimum absolute atomic E-state index is 0.00722. The molecule has 2 saturated heterocycles. The third kappa shape index (κ3) is 0.813. The third-order valence-electron chi connectivity index (χ3n) is 2.65. The Morgan fingerprint density at radius 1 is 1.50 bits per heavy atom. The fourth-order valence-electron chi connectivity index (χ4n) is 1.81. The highest BCUT2D eigenvalue weighted by atomic mass is 16.5. The van der Waals surface area contributed by atoms with Crippen molar-refractivity contribution in [3.05, 3.63) is 0 Å². The van der Waals surface area contributed by atoms with Crippen molar-refractivity contribution >= 4 is 11.7 Å². The Morgan fingerprint density at radius 2 is 2.25 bits per heavy atom. The van der Waals surface area contributed by atoms with E-state index >= 15 is 0 Å². The molecule has 0 bridgehead atoms. The van der Waals surface area contributed by atoms with Gasteiger partial charge in [0, 0.05) is 6.54 Å². The van der Waals surface area contributed by atoms with E-state index in [-0.39, 0.29) is 18.1 Å². The van der Waals surface area contributed by atoms with Gasteiger partial charge in [-0.1, -0.05) is 0 Å². The molecule has 66 valence electrons. The monoisotopic (exact) mass is 169 g/mol. The number of hydrogen-bond donors (Lipinski definition) is 0. The summed E-state index contributed by atoms with van der Waals surface area (Å²) in [4.78, 5) is 24.3. The molecule has 0 radical (unpaired) electrons. The van der Waals surface area contributed by atoms with Crippen LogP contribution in [0.1, 0.15) is 13.3 Å². The number of ketones is 1. The van der Waals surface area contributed by atoms with E-state index in [2.05, 4.69) is 0 Å². The predicted octanol–water partition coefficient (Wildman–Crippen LogP) is -0.423. The minimum Gasteiger partial charge on any atom is -0.377 e. The summed E-state index contributed by atoms with van der Waals surface area (Å²) in [6, 6.07) is 0. The molecule has 0 N–H and O–H groups in total. The number of ether oxygens (including phenoxy) is 1. The standard InChI is InChI=1S/C8H11NO3/c1-8-5-12-3-2-9(8)7(11)4-6(8)10/h2-5H2,1H3/t8-/m0/s1. The predicted molar refractivity (Wildman–Crippen MR) is 40.6 cm³/mol. The summed E-state index contributed by atoms with van der Waals surface area (Å²) in [5.41, 5.74) is -0.657. The van der Waals surface area contributed by atoms with Gasteiger partial charge in [-0.15, -0.1) is 0 Å². The lowest BCUT2D eigenvalue weighted by molar-refractivity contribution is -0.142. The SMILES string of the molecule is C[C@@]12COCCN1C(=O)CC2=O. The van der Waals surface area contributed by atoms with Crippen LogP contribution in [-0.4, -0.2) is 41.9 Å². The van der Waals surface area contributed by atoms with Gasteiger partial charge in [-0.3, -0.25) is 9.59 Å². The number of Topliss-reactive ketones (excluding diaryl/α,β-unsaturated/α-hetero) is 1. The van der Waals surface area contributed by atoms with Crippen molar-refractivity contribution in [1.29, 1.82) is 0 Å². The zero-order valence-electron chi connectivity index (χ0n) is 7.00. The molecule has 1 atom stereocenters.